The predicted octanol–water partition coefficient (Wildman–Crippen LogP) is 5.24. The Hall–Kier alpha value is -3.31. The topological polar surface area (TPSA) is 56.1 Å². The SMILES string of the molecule is COc1ccc(C(=O)N[C@H](C)c2nc3ccccc3n2Cc2cccc(Cl)c2)cc1. The smallest absolute Gasteiger partial charge is 0.251 e. The normalized spacial score (nSPS) is 12.0. The molecule has 4 aromatic rings. The van der Waals surface area contributed by atoms with Crippen LogP contribution in [0.4, 0.5) is 0 Å². The fraction of sp³-hybridized carbons (Fsp3) is 0.167. The van der Waals surface area contributed by atoms with Crippen LogP contribution in [0.1, 0.15) is 34.7 Å². The fourth-order valence-corrected chi connectivity index (χ4v) is 3.71. The van der Waals surface area contributed by atoms with Gasteiger partial charge < -0.3 is 14.6 Å². The van der Waals surface area contributed by atoms with Gasteiger partial charge in [-0.25, -0.2) is 4.98 Å². The monoisotopic (exact) mass is 419 g/mol. The van der Waals surface area contributed by atoms with Crippen LogP contribution in [0.15, 0.2) is 72.8 Å². The van der Waals surface area contributed by atoms with Gasteiger partial charge in [-0.15, -0.1) is 0 Å². The van der Waals surface area contributed by atoms with Crippen LogP contribution in [-0.2, 0) is 6.54 Å². The molecule has 0 fully saturated rings. The molecule has 152 valence electrons. The summed E-state index contributed by atoms with van der Waals surface area (Å²) in [5.41, 5.74) is 3.54. The number of hydrogen-bond donors (Lipinski definition) is 1. The molecule has 1 heterocycles. The molecule has 1 amide bonds. The number of imidazole rings is 1. The number of methoxy groups -OCH3 is 1. The van der Waals surface area contributed by atoms with Gasteiger partial charge in [0.1, 0.15) is 11.6 Å². The third kappa shape index (κ3) is 4.16. The highest BCUT2D eigenvalue weighted by Gasteiger charge is 2.19. The zero-order valence-corrected chi connectivity index (χ0v) is 17.6. The Balaban J connectivity index is 1.64. The Labute approximate surface area is 180 Å². The van der Waals surface area contributed by atoms with E-state index in [4.69, 9.17) is 21.3 Å². The van der Waals surface area contributed by atoms with Crippen LogP contribution in [0.5, 0.6) is 5.75 Å². The zero-order chi connectivity index (χ0) is 21.1. The average Bonchev–Trinajstić information content (AvgIpc) is 3.12. The number of nitrogens with zero attached hydrogens (tertiary/aromatic N) is 2. The molecule has 5 nitrogen and oxygen atoms in total. The summed E-state index contributed by atoms with van der Waals surface area (Å²) in [5.74, 6) is 1.34. The van der Waals surface area contributed by atoms with Crippen molar-refractivity contribution in [3.63, 3.8) is 0 Å². The van der Waals surface area contributed by atoms with Crippen LogP contribution in [0, 0.1) is 0 Å². The number of para-hydroxylation sites is 2. The lowest BCUT2D eigenvalue weighted by Gasteiger charge is -2.17. The second-order valence-corrected chi connectivity index (χ2v) is 7.53. The highest BCUT2D eigenvalue weighted by Crippen LogP contribution is 2.23. The summed E-state index contributed by atoms with van der Waals surface area (Å²) in [6.45, 7) is 2.55. The van der Waals surface area contributed by atoms with E-state index in [9.17, 15) is 4.79 Å². The molecule has 1 N–H and O–H groups in total. The van der Waals surface area contributed by atoms with Crippen molar-refractivity contribution in [2.75, 3.05) is 7.11 Å². The van der Waals surface area contributed by atoms with E-state index in [2.05, 4.69) is 9.88 Å². The van der Waals surface area contributed by atoms with E-state index in [1.165, 1.54) is 0 Å². The number of benzene rings is 3. The van der Waals surface area contributed by atoms with E-state index in [-0.39, 0.29) is 11.9 Å². The van der Waals surface area contributed by atoms with Crippen molar-refractivity contribution < 1.29 is 9.53 Å². The van der Waals surface area contributed by atoms with E-state index in [1.54, 1.807) is 31.4 Å². The van der Waals surface area contributed by atoms with Gasteiger partial charge in [-0.2, -0.15) is 0 Å². The lowest BCUT2D eigenvalue weighted by Crippen LogP contribution is -2.28. The van der Waals surface area contributed by atoms with E-state index in [0.717, 1.165) is 22.4 Å². The molecule has 6 heteroatoms. The first-order valence-corrected chi connectivity index (χ1v) is 10.1. The molecule has 0 saturated heterocycles. The Morgan fingerprint density at radius 3 is 2.60 bits per heavy atom. The first kappa shape index (κ1) is 20.0. The second-order valence-electron chi connectivity index (χ2n) is 7.10. The van der Waals surface area contributed by atoms with E-state index < -0.39 is 0 Å². The Morgan fingerprint density at radius 1 is 1.10 bits per heavy atom. The van der Waals surface area contributed by atoms with Crippen molar-refractivity contribution >= 4 is 28.5 Å². The number of rotatable bonds is 6. The minimum absolute atomic E-state index is 0.161. The van der Waals surface area contributed by atoms with Crippen molar-refractivity contribution in [3.05, 3.63) is 94.8 Å². The molecule has 4 rings (SSSR count). The van der Waals surface area contributed by atoms with Gasteiger partial charge in [-0.05, 0) is 61.0 Å². The lowest BCUT2D eigenvalue weighted by atomic mass is 10.2. The highest BCUT2D eigenvalue weighted by atomic mass is 35.5. The van der Waals surface area contributed by atoms with Crippen molar-refractivity contribution in [1.29, 1.82) is 0 Å². The summed E-state index contributed by atoms with van der Waals surface area (Å²) in [5, 5.41) is 3.75. The highest BCUT2D eigenvalue weighted by molar-refractivity contribution is 6.30. The van der Waals surface area contributed by atoms with Crippen LogP contribution in [0.25, 0.3) is 11.0 Å². The second kappa shape index (κ2) is 8.59. The van der Waals surface area contributed by atoms with E-state index >= 15 is 0 Å². The average molecular weight is 420 g/mol. The molecule has 1 atom stereocenters. The Bertz CT molecular complexity index is 1180. The third-order valence-corrected chi connectivity index (χ3v) is 5.24. The number of ether oxygens (including phenoxy) is 1. The van der Waals surface area contributed by atoms with Gasteiger partial charge in [0, 0.05) is 17.1 Å². The number of hydrogen-bond acceptors (Lipinski definition) is 3. The quantitative estimate of drug-likeness (QED) is 0.465. The minimum atomic E-state index is -0.286. The Kier molecular flexibility index (Phi) is 5.72. The van der Waals surface area contributed by atoms with Gasteiger partial charge in [0.2, 0.25) is 0 Å². The van der Waals surface area contributed by atoms with Crippen LogP contribution in [-0.4, -0.2) is 22.6 Å². The van der Waals surface area contributed by atoms with Gasteiger partial charge in [-0.3, -0.25) is 4.79 Å². The number of fused-ring (bicyclic) bond motifs is 1. The number of carbonyl (C=O) groups excluding carboxylic acids is 1. The maximum atomic E-state index is 12.8. The molecule has 0 aliphatic carbocycles. The lowest BCUT2D eigenvalue weighted by molar-refractivity contribution is 0.0937. The largest absolute Gasteiger partial charge is 0.497 e. The van der Waals surface area contributed by atoms with E-state index in [0.29, 0.717) is 22.9 Å². The minimum Gasteiger partial charge on any atom is -0.497 e. The van der Waals surface area contributed by atoms with Gasteiger partial charge >= 0.3 is 0 Å². The molecular formula is C24H22ClN3O2. The standard InChI is InChI=1S/C24H22ClN3O2/c1-16(26-24(29)18-10-12-20(30-2)13-11-18)23-27-21-8-3-4-9-22(21)28(23)15-17-6-5-7-19(25)14-17/h3-14,16H,15H2,1-2H3,(H,26,29)/t16-/m1/s1. The van der Waals surface area contributed by atoms with E-state index in [1.807, 2.05) is 55.5 Å². The fourth-order valence-electron chi connectivity index (χ4n) is 3.50. The number of aromatic nitrogens is 2. The molecule has 0 aliphatic heterocycles. The Morgan fingerprint density at radius 2 is 1.87 bits per heavy atom. The first-order valence-electron chi connectivity index (χ1n) is 9.69. The van der Waals surface area contributed by atoms with Crippen molar-refractivity contribution in [2.24, 2.45) is 0 Å². The summed E-state index contributed by atoms with van der Waals surface area (Å²) >= 11 is 6.17. The molecular weight excluding hydrogens is 398 g/mol. The maximum absolute atomic E-state index is 12.8. The summed E-state index contributed by atoms with van der Waals surface area (Å²) in [6.07, 6.45) is 0. The van der Waals surface area contributed by atoms with Gasteiger partial charge in [0.25, 0.3) is 5.91 Å². The summed E-state index contributed by atoms with van der Waals surface area (Å²) < 4.78 is 7.28. The molecule has 1 aromatic heterocycles. The predicted molar refractivity (Wildman–Crippen MR) is 119 cm³/mol. The molecule has 0 bridgehead atoms. The van der Waals surface area contributed by atoms with Gasteiger partial charge in [0.15, 0.2) is 0 Å². The van der Waals surface area contributed by atoms with Crippen LogP contribution >= 0.6 is 11.6 Å². The molecule has 0 spiro atoms. The van der Waals surface area contributed by atoms with Crippen LogP contribution in [0.3, 0.4) is 0 Å². The molecule has 0 unspecified atom stereocenters. The third-order valence-electron chi connectivity index (χ3n) is 5.00. The summed E-state index contributed by atoms with van der Waals surface area (Å²) in [7, 11) is 1.60. The molecule has 30 heavy (non-hydrogen) atoms. The van der Waals surface area contributed by atoms with Crippen molar-refractivity contribution in [1.82, 2.24) is 14.9 Å². The molecule has 0 aliphatic rings. The maximum Gasteiger partial charge on any atom is 0.251 e. The zero-order valence-electron chi connectivity index (χ0n) is 16.8. The van der Waals surface area contributed by atoms with Crippen LogP contribution in [0.2, 0.25) is 5.02 Å². The molecule has 0 saturated carbocycles. The van der Waals surface area contributed by atoms with Crippen molar-refractivity contribution in [2.45, 2.75) is 19.5 Å². The van der Waals surface area contributed by atoms with Crippen LogP contribution < -0.4 is 10.1 Å². The van der Waals surface area contributed by atoms with Gasteiger partial charge in [0.05, 0.1) is 24.2 Å². The first-order chi connectivity index (χ1) is 14.5. The number of carbonyl (C=O) groups is 1. The number of halogens is 1. The number of nitrogens with one attached hydrogen (secondary N) is 1. The van der Waals surface area contributed by atoms with Crippen molar-refractivity contribution in [3.8, 4) is 5.75 Å². The summed E-state index contributed by atoms with van der Waals surface area (Å²) in [4.78, 5) is 17.6. The van der Waals surface area contributed by atoms with Gasteiger partial charge in [-0.1, -0.05) is 35.9 Å². The molecule has 0 radical (unpaired) electrons. The molecule has 3 aromatic carbocycles. The number of amides is 1. The summed E-state index contributed by atoms with van der Waals surface area (Å²) in [6, 6.07) is 22.5.